The number of hydrogen-bond acceptors (Lipinski definition) is 4. The molecule has 1 aliphatic heterocycles. The maximum Gasteiger partial charge on any atom is 0.191 e. The molecule has 0 radical (unpaired) electrons. The van der Waals surface area contributed by atoms with Crippen LogP contribution >= 0.6 is 24.0 Å². The molecule has 3 heterocycles. The quantitative estimate of drug-likeness (QED) is 0.302. The molecular formula is C17H25IN6O. The second-order valence-electron chi connectivity index (χ2n) is 5.60. The Morgan fingerprint density at radius 3 is 3.04 bits per heavy atom. The summed E-state index contributed by atoms with van der Waals surface area (Å²) in [6.07, 6.45) is 6.18. The van der Waals surface area contributed by atoms with Gasteiger partial charge in [0.15, 0.2) is 17.4 Å². The van der Waals surface area contributed by atoms with E-state index in [1.165, 1.54) is 5.57 Å². The molecule has 0 saturated carbocycles. The van der Waals surface area contributed by atoms with Crippen molar-refractivity contribution in [3.8, 4) is 0 Å². The molecule has 0 atom stereocenters. The van der Waals surface area contributed by atoms with Crippen LogP contribution in [-0.2, 0) is 11.3 Å². The van der Waals surface area contributed by atoms with Gasteiger partial charge < -0.3 is 15.4 Å². The van der Waals surface area contributed by atoms with Gasteiger partial charge in [0.2, 0.25) is 0 Å². The van der Waals surface area contributed by atoms with Gasteiger partial charge in [-0.1, -0.05) is 17.7 Å². The van der Waals surface area contributed by atoms with E-state index in [9.17, 15) is 0 Å². The van der Waals surface area contributed by atoms with Gasteiger partial charge in [0, 0.05) is 19.3 Å². The van der Waals surface area contributed by atoms with Crippen LogP contribution in [0.1, 0.15) is 25.6 Å². The second-order valence-corrected chi connectivity index (χ2v) is 5.60. The molecule has 7 nitrogen and oxygen atoms in total. The Morgan fingerprint density at radius 2 is 2.24 bits per heavy atom. The average molecular weight is 456 g/mol. The lowest BCUT2D eigenvalue weighted by molar-refractivity contribution is 0.153. The highest BCUT2D eigenvalue weighted by atomic mass is 127. The van der Waals surface area contributed by atoms with Crippen molar-refractivity contribution in [3.05, 3.63) is 41.9 Å². The summed E-state index contributed by atoms with van der Waals surface area (Å²) < 4.78 is 7.29. The van der Waals surface area contributed by atoms with Gasteiger partial charge in [-0.05, 0) is 31.9 Å². The zero-order chi connectivity index (χ0) is 16.6. The molecule has 0 bridgehead atoms. The topological polar surface area (TPSA) is 75.8 Å². The maximum atomic E-state index is 5.33. The number of guanidine groups is 1. The highest BCUT2D eigenvalue weighted by Crippen LogP contribution is 2.10. The van der Waals surface area contributed by atoms with Crippen molar-refractivity contribution in [2.45, 2.75) is 26.3 Å². The van der Waals surface area contributed by atoms with E-state index in [0.717, 1.165) is 56.6 Å². The number of fused-ring (bicyclic) bond motifs is 1. The molecule has 8 heteroatoms. The van der Waals surface area contributed by atoms with E-state index in [1.54, 1.807) is 0 Å². The Bertz CT molecular complexity index is 727. The van der Waals surface area contributed by atoms with E-state index in [1.807, 2.05) is 28.8 Å². The Morgan fingerprint density at radius 1 is 1.32 bits per heavy atom. The standard InChI is InChI=1S/C17H24N6O.HI/c1-2-18-17(19-9-6-14-7-11-24-12-8-14)20-13-16-22-21-15-5-3-4-10-23(15)16;/h3-5,7,10H,2,6,8-9,11-13H2,1H3,(H2,18,19,20);1H. The predicted octanol–water partition coefficient (Wildman–Crippen LogP) is 2.14. The third kappa shape index (κ3) is 5.67. The van der Waals surface area contributed by atoms with E-state index in [2.05, 4.69) is 38.8 Å². The molecule has 0 saturated heterocycles. The number of halogens is 1. The lowest BCUT2D eigenvalue weighted by atomic mass is 10.1. The monoisotopic (exact) mass is 456 g/mol. The summed E-state index contributed by atoms with van der Waals surface area (Å²) in [5.41, 5.74) is 2.29. The van der Waals surface area contributed by atoms with Crippen LogP contribution in [0.3, 0.4) is 0 Å². The molecule has 0 fully saturated rings. The SMILES string of the molecule is CCNC(=NCc1nnc2ccccn12)NCCC1=CCOCC1.I. The minimum Gasteiger partial charge on any atom is -0.377 e. The van der Waals surface area contributed by atoms with Crippen LogP contribution < -0.4 is 10.6 Å². The summed E-state index contributed by atoms with van der Waals surface area (Å²) in [5.74, 6) is 1.63. The molecular weight excluding hydrogens is 431 g/mol. The number of hydrogen-bond donors (Lipinski definition) is 2. The summed E-state index contributed by atoms with van der Waals surface area (Å²) in [4.78, 5) is 4.62. The molecule has 3 rings (SSSR count). The van der Waals surface area contributed by atoms with Crippen molar-refractivity contribution in [1.82, 2.24) is 25.2 Å². The van der Waals surface area contributed by atoms with Gasteiger partial charge >= 0.3 is 0 Å². The van der Waals surface area contributed by atoms with Crippen molar-refractivity contribution in [1.29, 1.82) is 0 Å². The van der Waals surface area contributed by atoms with Crippen LogP contribution in [0.25, 0.3) is 5.65 Å². The molecule has 2 aromatic heterocycles. The number of nitrogens with one attached hydrogen (secondary N) is 2. The molecule has 2 N–H and O–H groups in total. The molecule has 0 spiro atoms. The van der Waals surface area contributed by atoms with Gasteiger partial charge in [0.25, 0.3) is 0 Å². The van der Waals surface area contributed by atoms with Crippen molar-refractivity contribution in [2.24, 2.45) is 4.99 Å². The summed E-state index contributed by atoms with van der Waals surface area (Å²) in [7, 11) is 0. The first kappa shape index (κ1) is 19.6. The van der Waals surface area contributed by atoms with Crippen LogP contribution in [0.2, 0.25) is 0 Å². The first-order valence-electron chi connectivity index (χ1n) is 8.43. The number of rotatable bonds is 6. The van der Waals surface area contributed by atoms with Crippen LogP contribution in [0.4, 0.5) is 0 Å². The van der Waals surface area contributed by atoms with E-state index in [4.69, 9.17) is 4.74 Å². The van der Waals surface area contributed by atoms with Gasteiger partial charge in [0.1, 0.15) is 6.54 Å². The van der Waals surface area contributed by atoms with Crippen LogP contribution in [-0.4, -0.2) is 46.9 Å². The smallest absolute Gasteiger partial charge is 0.191 e. The van der Waals surface area contributed by atoms with E-state index >= 15 is 0 Å². The summed E-state index contributed by atoms with van der Waals surface area (Å²) in [6.45, 7) is 5.80. The first-order valence-corrected chi connectivity index (χ1v) is 8.43. The summed E-state index contributed by atoms with van der Waals surface area (Å²) in [6, 6.07) is 5.85. The fourth-order valence-electron chi connectivity index (χ4n) is 2.62. The van der Waals surface area contributed by atoms with Crippen LogP contribution in [0.5, 0.6) is 0 Å². The maximum absolute atomic E-state index is 5.33. The number of nitrogens with zero attached hydrogens (tertiary/aromatic N) is 4. The Hall–Kier alpha value is -1.68. The Labute approximate surface area is 165 Å². The largest absolute Gasteiger partial charge is 0.377 e. The number of pyridine rings is 1. The van der Waals surface area contributed by atoms with Gasteiger partial charge in [-0.3, -0.25) is 4.40 Å². The molecule has 136 valence electrons. The van der Waals surface area contributed by atoms with Crippen LogP contribution in [0, 0.1) is 0 Å². The zero-order valence-corrected chi connectivity index (χ0v) is 16.8. The van der Waals surface area contributed by atoms with Gasteiger partial charge in [-0.25, -0.2) is 4.99 Å². The summed E-state index contributed by atoms with van der Waals surface area (Å²) >= 11 is 0. The third-order valence-electron chi connectivity index (χ3n) is 3.90. The lowest BCUT2D eigenvalue weighted by Crippen LogP contribution is -2.38. The third-order valence-corrected chi connectivity index (χ3v) is 3.90. The van der Waals surface area contributed by atoms with E-state index < -0.39 is 0 Å². The molecule has 1 aliphatic rings. The highest BCUT2D eigenvalue weighted by molar-refractivity contribution is 14.0. The average Bonchev–Trinajstić information content (AvgIpc) is 3.04. The Kier molecular flexibility index (Phi) is 8.13. The minimum absolute atomic E-state index is 0. The predicted molar refractivity (Wildman–Crippen MR) is 109 cm³/mol. The Balaban J connectivity index is 0.00000225. The molecule has 25 heavy (non-hydrogen) atoms. The minimum atomic E-state index is 0. The van der Waals surface area contributed by atoms with Gasteiger partial charge in [-0.15, -0.1) is 34.2 Å². The van der Waals surface area contributed by atoms with Crippen molar-refractivity contribution in [3.63, 3.8) is 0 Å². The van der Waals surface area contributed by atoms with E-state index in [0.29, 0.717) is 6.54 Å². The zero-order valence-electron chi connectivity index (χ0n) is 14.4. The first-order chi connectivity index (χ1) is 11.9. The van der Waals surface area contributed by atoms with Crippen LogP contribution in [0.15, 0.2) is 41.0 Å². The lowest BCUT2D eigenvalue weighted by Gasteiger charge is -2.15. The molecule has 0 aliphatic carbocycles. The normalized spacial score (nSPS) is 14.8. The number of aromatic nitrogens is 3. The van der Waals surface area contributed by atoms with Crippen molar-refractivity contribution < 1.29 is 4.74 Å². The molecule has 0 unspecified atom stereocenters. The fourth-order valence-corrected chi connectivity index (χ4v) is 2.62. The molecule has 2 aromatic rings. The highest BCUT2D eigenvalue weighted by Gasteiger charge is 2.06. The molecule has 0 aromatic carbocycles. The second kappa shape index (κ2) is 10.3. The fraction of sp³-hybridized carbons (Fsp3) is 0.471. The number of aliphatic imine (C=N–C) groups is 1. The van der Waals surface area contributed by atoms with Gasteiger partial charge in [-0.2, -0.15) is 0 Å². The van der Waals surface area contributed by atoms with E-state index in [-0.39, 0.29) is 24.0 Å². The number of ether oxygens (including phenoxy) is 1. The van der Waals surface area contributed by atoms with Gasteiger partial charge in [0.05, 0.1) is 13.2 Å². The molecule has 0 amide bonds. The van der Waals surface area contributed by atoms with Crippen molar-refractivity contribution in [2.75, 3.05) is 26.3 Å². The summed E-state index contributed by atoms with van der Waals surface area (Å²) in [5, 5.41) is 15.0. The van der Waals surface area contributed by atoms with Crippen molar-refractivity contribution >= 4 is 35.6 Å².